The summed E-state index contributed by atoms with van der Waals surface area (Å²) in [5.41, 5.74) is 3.10. The smallest absolute Gasteiger partial charge is 0.278 e. The molecule has 0 saturated heterocycles. The topological polar surface area (TPSA) is 83.4 Å². The summed E-state index contributed by atoms with van der Waals surface area (Å²) in [6.45, 7) is 4.18. The van der Waals surface area contributed by atoms with Crippen molar-refractivity contribution in [3.8, 4) is 17.2 Å². The van der Waals surface area contributed by atoms with Crippen molar-refractivity contribution in [2.24, 2.45) is 5.10 Å². The Morgan fingerprint density at radius 1 is 1.09 bits per heavy atom. The van der Waals surface area contributed by atoms with Crippen molar-refractivity contribution >= 4 is 17.3 Å². The molecule has 0 aromatic heterocycles. The van der Waals surface area contributed by atoms with Gasteiger partial charge in [0.25, 0.3) is 5.91 Å². The molecule has 164 valence electrons. The number of anilines is 1. The molecule has 2 N–H and O–H groups in total. The van der Waals surface area contributed by atoms with Crippen molar-refractivity contribution < 1.29 is 19.4 Å². The molecule has 0 aliphatic carbocycles. The normalized spacial score (nSPS) is 15.7. The van der Waals surface area contributed by atoms with Gasteiger partial charge in [0, 0.05) is 16.8 Å². The van der Waals surface area contributed by atoms with Crippen LogP contribution in [0.15, 0.2) is 71.8 Å². The van der Waals surface area contributed by atoms with E-state index >= 15 is 0 Å². The van der Waals surface area contributed by atoms with Gasteiger partial charge in [0.2, 0.25) is 0 Å². The SMILES string of the molecule is CCOc1ccc([C@@H]2Nc3ccccc3C(=O)N2/N=C(\C)c2ccccc2O)cc1OC. The molecular weight excluding hydrogens is 406 g/mol. The molecule has 7 heteroatoms. The number of fused-ring (bicyclic) bond motifs is 1. The highest BCUT2D eigenvalue weighted by Crippen LogP contribution is 2.37. The fourth-order valence-electron chi connectivity index (χ4n) is 3.70. The van der Waals surface area contributed by atoms with E-state index in [1.807, 2.05) is 49.4 Å². The molecule has 1 atom stereocenters. The lowest BCUT2D eigenvalue weighted by atomic mass is 10.0. The molecule has 0 radical (unpaired) electrons. The average Bonchev–Trinajstić information content (AvgIpc) is 2.81. The van der Waals surface area contributed by atoms with E-state index in [0.717, 1.165) is 11.3 Å². The lowest BCUT2D eigenvalue weighted by Gasteiger charge is -2.35. The molecule has 3 aromatic rings. The van der Waals surface area contributed by atoms with E-state index in [1.165, 1.54) is 5.01 Å². The molecule has 1 heterocycles. The number of para-hydroxylation sites is 2. The second kappa shape index (κ2) is 9.01. The Morgan fingerprint density at radius 2 is 1.84 bits per heavy atom. The number of hydrazone groups is 1. The summed E-state index contributed by atoms with van der Waals surface area (Å²) in [5.74, 6) is 1.05. The van der Waals surface area contributed by atoms with Crippen LogP contribution in [0.25, 0.3) is 0 Å². The van der Waals surface area contributed by atoms with Crippen LogP contribution >= 0.6 is 0 Å². The van der Waals surface area contributed by atoms with Crippen LogP contribution in [0.1, 0.15) is 41.5 Å². The Labute approximate surface area is 186 Å². The third-order valence-electron chi connectivity index (χ3n) is 5.26. The maximum atomic E-state index is 13.4. The van der Waals surface area contributed by atoms with Gasteiger partial charge >= 0.3 is 0 Å². The highest BCUT2D eigenvalue weighted by Gasteiger charge is 2.34. The van der Waals surface area contributed by atoms with Crippen LogP contribution in [0.4, 0.5) is 5.69 Å². The van der Waals surface area contributed by atoms with E-state index in [0.29, 0.717) is 34.9 Å². The third kappa shape index (κ3) is 3.97. The molecule has 1 aliphatic heterocycles. The standard InChI is InChI=1S/C25H25N3O4/c1-4-32-22-14-13-17(15-23(22)31-3)24-26-20-11-7-5-10-19(20)25(30)28(24)27-16(2)18-9-6-8-12-21(18)29/h5-15,24,26,29H,4H2,1-3H3/b27-16+/t24-/m1/s1. The van der Waals surface area contributed by atoms with Gasteiger partial charge in [-0.05, 0) is 50.2 Å². The monoisotopic (exact) mass is 431 g/mol. The number of methoxy groups -OCH3 is 1. The summed E-state index contributed by atoms with van der Waals surface area (Å²) in [6, 6.07) is 19.8. The second-order valence-corrected chi connectivity index (χ2v) is 7.29. The summed E-state index contributed by atoms with van der Waals surface area (Å²) < 4.78 is 11.1. The number of nitrogens with zero attached hydrogens (tertiary/aromatic N) is 2. The molecule has 0 spiro atoms. The van der Waals surface area contributed by atoms with Crippen molar-refractivity contribution in [1.29, 1.82) is 0 Å². The van der Waals surface area contributed by atoms with Gasteiger partial charge in [-0.15, -0.1) is 0 Å². The van der Waals surface area contributed by atoms with Crippen LogP contribution in [0.2, 0.25) is 0 Å². The van der Waals surface area contributed by atoms with E-state index in [-0.39, 0.29) is 11.7 Å². The minimum absolute atomic E-state index is 0.103. The third-order valence-corrected chi connectivity index (χ3v) is 5.26. The van der Waals surface area contributed by atoms with Crippen molar-refractivity contribution in [3.63, 3.8) is 0 Å². The maximum absolute atomic E-state index is 13.4. The second-order valence-electron chi connectivity index (χ2n) is 7.29. The Bertz CT molecular complexity index is 1180. The summed E-state index contributed by atoms with van der Waals surface area (Å²) >= 11 is 0. The number of amides is 1. The molecule has 7 nitrogen and oxygen atoms in total. The molecule has 3 aromatic carbocycles. The van der Waals surface area contributed by atoms with Gasteiger partial charge in [-0.25, -0.2) is 5.01 Å². The van der Waals surface area contributed by atoms with E-state index in [1.54, 1.807) is 38.3 Å². The largest absolute Gasteiger partial charge is 0.507 e. The van der Waals surface area contributed by atoms with Gasteiger partial charge in [0.05, 0.1) is 25.0 Å². The van der Waals surface area contributed by atoms with Gasteiger partial charge in [0.1, 0.15) is 5.75 Å². The number of hydrogen-bond acceptors (Lipinski definition) is 6. The minimum atomic E-state index is -0.581. The number of nitrogens with one attached hydrogen (secondary N) is 1. The number of carbonyl (C=O) groups excluding carboxylic acids is 1. The van der Waals surface area contributed by atoms with E-state index < -0.39 is 6.17 Å². The van der Waals surface area contributed by atoms with Gasteiger partial charge < -0.3 is 19.9 Å². The number of benzene rings is 3. The highest BCUT2D eigenvalue weighted by atomic mass is 16.5. The zero-order chi connectivity index (χ0) is 22.7. The molecular formula is C25H25N3O4. The van der Waals surface area contributed by atoms with Crippen LogP contribution in [-0.2, 0) is 0 Å². The number of phenols is 1. The number of hydrogen-bond donors (Lipinski definition) is 2. The van der Waals surface area contributed by atoms with Crippen molar-refractivity contribution in [2.45, 2.75) is 20.0 Å². The highest BCUT2D eigenvalue weighted by molar-refractivity contribution is 6.05. The summed E-state index contributed by atoms with van der Waals surface area (Å²) in [4.78, 5) is 13.4. The zero-order valence-corrected chi connectivity index (χ0v) is 18.2. The Kier molecular flexibility index (Phi) is 5.98. The molecule has 0 fully saturated rings. The molecule has 0 saturated carbocycles. The maximum Gasteiger partial charge on any atom is 0.278 e. The van der Waals surface area contributed by atoms with Gasteiger partial charge in [-0.3, -0.25) is 4.79 Å². The van der Waals surface area contributed by atoms with Crippen LogP contribution in [-0.4, -0.2) is 35.5 Å². The summed E-state index contributed by atoms with van der Waals surface area (Å²) in [5, 5.41) is 19.7. The zero-order valence-electron chi connectivity index (χ0n) is 18.2. The molecule has 1 aliphatic rings. The number of ether oxygens (including phenoxy) is 2. The summed E-state index contributed by atoms with van der Waals surface area (Å²) in [6.07, 6.45) is -0.581. The van der Waals surface area contributed by atoms with E-state index in [4.69, 9.17) is 9.47 Å². The van der Waals surface area contributed by atoms with Gasteiger partial charge in [-0.1, -0.05) is 30.3 Å². The minimum Gasteiger partial charge on any atom is -0.507 e. The predicted octanol–water partition coefficient (Wildman–Crippen LogP) is 4.79. The first-order valence-electron chi connectivity index (χ1n) is 10.4. The first kappa shape index (κ1) is 21.2. The van der Waals surface area contributed by atoms with Crippen molar-refractivity contribution in [2.75, 3.05) is 19.0 Å². The van der Waals surface area contributed by atoms with Crippen LogP contribution in [0.5, 0.6) is 17.2 Å². The molecule has 1 amide bonds. The van der Waals surface area contributed by atoms with Gasteiger partial charge in [0.15, 0.2) is 17.7 Å². The average molecular weight is 431 g/mol. The van der Waals surface area contributed by atoms with Gasteiger partial charge in [-0.2, -0.15) is 5.10 Å². The molecule has 0 unspecified atom stereocenters. The predicted molar refractivity (Wildman–Crippen MR) is 123 cm³/mol. The quantitative estimate of drug-likeness (QED) is 0.548. The fraction of sp³-hybridized carbons (Fsp3) is 0.200. The van der Waals surface area contributed by atoms with Crippen LogP contribution in [0.3, 0.4) is 0 Å². The van der Waals surface area contributed by atoms with E-state index in [2.05, 4.69) is 10.4 Å². The summed E-state index contributed by atoms with van der Waals surface area (Å²) in [7, 11) is 1.58. The fourth-order valence-corrected chi connectivity index (χ4v) is 3.70. The van der Waals surface area contributed by atoms with Crippen LogP contribution in [0, 0.1) is 0 Å². The Hall–Kier alpha value is -4.00. The van der Waals surface area contributed by atoms with E-state index in [9.17, 15) is 9.90 Å². The Morgan fingerprint density at radius 3 is 2.59 bits per heavy atom. The molecule has 4 rings (SSSR count). The molecule has 32 heavy (non-hydrogen) atoms. The van der Waals surface area contributed by atoms with Crippen LogP contribution < -0.4 is 14.8 Å². The number of rotatable bonds is 6. The Balaban J connectivity index is 1.81. The van der Waals surface area contributed by atoms with Crippen molar-refractivity contribution in [3.05, 3.63) is 83.4 Å². The lowest BCUT2D eigenvalue weighted by molar-refractivity contribution is 0.0689. The number of aromatic hydroxyl groups is 1. The molecule has 0 bridgehead atoms. The number of phenolic OH excluding ortho intramolecular Hbond substituents is 1. The van der Waals surface area contributed by atoms with Crippen molar-refractivity contribution in [1.82, 2.24) is 5.01 Å². The first-order chi connectivity index (χ1) is 15.5. The number of carbonyl (C=O) groups is 1. The lowest BCUT2D eigenvalue weighted by Crippen LogP contribution is -2.40. The first-order valence-corrected chi connectivity index (χ1v) is 10.4.